The third-order valence-corrected chi connectivity index (χ3v) is 4.07. The first-order chi connectivity index (χ1) is 9.78. The highest BCUT2D eigenvalue weighted by molar-refractivity contribution is 5.28. The summed E-state index contributed by atoms with van der Waals surface area (Å²) in [6, 6.07) is 8.34. The minimum Gasteiger partial charge on any atom is -0.492 e. The smallest absolute Gasteiger partial charge is 0.119 e. The van der Waals surface area contributed by atoms with Crippen LogP contribution in [0.4, 0.5) is 0 Å². The Hall–Kier alpha value is -1.06. The molecule has 1 saturated carbocycles. The van der Waals surface area contributed by atoms with E-state index < -0.39 is 0 Å². The van der Waals surface area contributed by atoms with E-state index in [1.807, 2.05) is 13.1 Å². The average Bonchev–Trinajstić information content (AvgIpc) is 2.92. The quantitative estimate of drug-likeness (QED) is 0.790. The van der Waals surface area contributed by atoms with E-state index in [-0.39, 0.29) is 0 Å². The highest BCUT2D eigenvalue weighted by Crippen LogP contribution is 2.25. The van der Waals surface area contributed by atoms with Gasteiger partial charge in [-0.15, -0.1) is 0 Å². The molecule has 112 valence electrons. The van der Waals surface area contributed by atoms with Crippen LogP contribution in [0.5, 0.6) is 5.75 Å². The van der Waals surface area contributed by atoms with Crippen molar-refractivity contribution in [3.63, 3.8) is 0 Å². The van der Waals surface area contributed by atoms with Crippen molar-refractivity contribution >= 4 is 0 Å². The monoisotopic (exact) mass is 276 g/mol. The van der Waals surface area contributed by atoms with Crippen LogP contribution in [0.1, 0.15) is 31.2 Å². The van der Waals surface area contributed by atoms with Gasteiger partial charge < -0.3 is 15.0 Å². The molecule has 1 aromatic rings. The number of ether oxygens (including phenoxy) is 1. The van der Waals surface area contributed by atoms with Gasteiger partial charge in [0.2, 0.25) is 0 Å². The predicted octanol–water partition coefficient (Wildman–Crippen LogP) is 2.91. The second-order valence-electron chi connectivity index (χ2n) is 5.94. The number of nitrogens with one attached hydrogen (secondary N) is 1. The zero-order chi connectivity index (χ0) is 14.2. The molecule has 0 heterocycles. The topological polar surface area (TPSA) is 24.5 Å². The van der Waals surface area contributed by atoms with Crippen LogP contribution < -0.4 is 10.1 Å². The van der Waals surface area contributed by atoms with Crippen LogP contribution in [0.15, 0.2) is 24.3 Å². The number of rotatable bonds is 8. The first-order valence-corrected chi connectivity index (χ1v) is 7.83. The minimum absolute atomic E-state index is 0.770. The fourth-order valence-corrected chi connectivity index (χ4v) is 2.99. The van der Waals surface area contributed by atoms with E-state index in [2.05, 4.69) is 35.5 Å². The van der Waals surface area contributed by atoms with Gasteiger partial charge in [-0.05, 0) is 50.6 Å². The summed E-state index contributed by atoms with van der Waals surface area (Å²) in [5.41, 5.74) is 1.27. The summed E-state index contributed by atoms with van der Waals surface area (Å²) < 4.78 is 5.86. The molecule has 2 rings (SSSR count). The molecule has 0 radical (unpaired) electrons. The van der Waals surface area contributed by atoms with Gasteiger partial charge in [0, 0.05) is 19.6 Å². The molecule has 1 aliphatic carbocycles. The van der Waals surface area contributed by atoms with Gasteiger partial charge in [0.25, 0.3) is 0 Å². The number of nitrogens with zero attached hydrogens (tertiary/aromatic N) is 1. The molecule has 20 heavy (non-hydrogen) atoms. The summed E-state index contributed by atoms with van der Waals surface area (Å²) in [6.45, 7) is 3.89. The molecule has 0 atom stereocenters. The second-order valence-corrected chi connectivity index (χ2v) is 5.94. The lowest BCUT2D eigenvalue weighted by Gasteiger charge is -2.20. The number of hydrogen-bond donors (Lipinski definition) is 1. The molecule has 0 saturated heterocycles. The van der Waals surface area contributed by atoms with Crippen LogP contribution in [0.3, 0.4) is 0 Å². The summed E-state index contributed by atoms with van der Waals surface area (Å²) in [7, 11) is 4.17. The van der Waals surface area contributed by atoms with Crippen LogP contribution in [0.2, 0.25) is 0 Å². The van der Waals surface area contributed by atoms with E-state index >= 15 is 0 Å². The van der Waals surface area contributed by atoms with Gasteiger partial charge in [-0.25, -0.2) is 0 Å². The Balaban J connectivity index is 1.67. The highest BCUT2D eigenvalue weighted by atomic mass is 16.5. The normalized spacial score (nSPS) is 15.9. The van der Waals surface area contributed by atoms with Crippen LogP contribution in [-0.2, 0) is 6.54 Å². The third-order valence-electron chi connectivity index (χ3n) is 4.07. The summed E-state index contributed by atoms with van der Waals surface area (Å²) in [5.74, 6) is 1.89. The van der Waals surface area contributed by atoms with Crippen LogP contribution in [0, 0.1) is 5.92 Å². The Morgan fingerprint density at radius 2 is 2.10 bits per heavy atom. The minimum atomic E-state index is 0.770. The third kappa shape index (κ3) is 5.14. The molecular weight excluding hydrogens is 248 g/mol. The van der Waals surface area contributed by atoms with E-state index in [0.717, 1.165) is 31.4 Å². The Labute approximate surface area is 123 Å². The lowest BCUT2D eigenvalue weighted by molar-refractivity contribution is 0.215. The highest BCUT2D eigenvalue weighted by Gasteiger charge is 2.16. The first-order valence-electron chi connectivity index (χ1n) is 7.83. The van der Waals surface area contributed by atoms with Crippen molar-refractivity contribution in [3.05, 3.63) is 29.8 Å². The lowest BCUT2D eigenvalue weighted by atomic mass is 10.1. The molecule has 1 N–H and O–H groups in total. The van der Waals surface area contributed by atoms with E-state index in [0.29, 0.717) is 0 Å². The first kappa shape index (κ1) is 15.3. The van der Waals surface area contributed by atoms with E-state index in [4.69, 9.17) is 4.74 Å². The molecule has 0 unspecified atom stereocenters. The maximum absolute atomic E-state index is 5.86. The van der Waals surface area contributed by atoms with Gasteiger partial charge in [0.05, 0.1) is 0 Å². The van der Waals surface area contributed by atoms with Gasteiger partial charge in [0.1, 0.15) is 12.4 Å². The maximum atomic E-state index is 5.86. The number of benzene rings is 1. The van der Waals surface area contributed by atoms with Crippen molar-refractivity contribution in [1.82, 2.24) is 10.2 Å². The molecule has 1 aromatic carbocycles. The van der Waals surface area contributed by atoms with Crippen molar-refractivity contribution in [2.45, 2.75) is 32.2 Å². The van der Waals surface area contributed by atoms with E-state index in [1.165, 1.54) is 37.8 Å². The van der Waals surface area contributed by atoms with Crippen molar-refractivity contribution in [2.24, 2.45) is 5.92 Å². The van der Waals surface area contributed by atoms with Gasteiger partial charge in [-0.1, -0.05) is 25.0 Å². The van der Waals surface area contributed by atoms with E-state index in [9.17, 15) is 0 Å². The predicted molar refractivity (Wildman–Crippen MR) is 84.2 cm³/mol. The zero-order valence-electron chi connectivity index (χ0n) is 12.9. The van der Waals surface area contributed by atoms with Crippen LogP contribution >= 0.6 is 0 Å². The van der Waals surface area contributed by atoms with Gasteiger partial charge >= 0.3 is 0 Å². The van der Waals surface area contributed by atoms with Crippen molar-refractivity contribution in [3.8, 4) is 5.75 Å². The summed E-state index contributed by atoms with van der Waals surface area (Å²) >= 11 is 0. The Kier molecular flexibility index (Phi) is 6.34. The summed E-state index contributed by atoms with van der Waals surface area (Å²) in [6.07, 6.45) is 5.68. The fraction of sp³-hybridized carbons (Fsp3) is 0.647. The Morgan fingerprint density at radius 1 is 1.30 bits per heavy atom. The molecule has 3 heteroatoms. The average molecular weight is 276 g/mol. The van der Waals surface area contributed by atoms with E-state index in [1.54, 1.807) is 0 Å². The van der Waals surface area contributed by atoms with Crippen LogP contribution in [0.25, 0.3) is 0 Å². The largest absolute Gasteiger partial charge is 0.492 e. The molecule has 0 amide bonds. The Bertz CT molecular complexity index is 388. The SMILES string of the molecule is CNCc1cccc(OCCN(C)CC2CCCC2)c1. The molecule has 0 spiro atoms. The van der Waals surface area contributed by atoms with Crippen LogP contribution in [-0.4, -0.2) is 38.7 Å². The Morgan fingerprint density at radius 3 is 2.85 bits per heavy atom. The second kappa shape index (κ2) is 8.28. The lowest BCUT2D eigenvalue weighted by Crippen LogP contribution is -2.28. The molecule has 1 fully saturated rings. The standard InChI is InChI=1S/C17H28N2O/c1-18-13-16-8-5-9-17(12-16)20-11-10-19(2)14-15-6-3-4-7-15/h5,8-9,12,15,18H,3-4,6-7,10-11,13-14H2,1-2H3. The van der Waals surface area contributed by atoms with Gasteiger partial charge in [-0.3, -0.25) is 0 Å². The van der Waals surface area contributed by atoms with Gasteiger partial charge in [0.15, 0.2) is 0 Å². The molecule has 3 nitrogen and oxygen atoms in total. The van der Waals surface area contributed by atoms with Crippen molar-refractivity contribution < 1.29 is 4.74 Å². The van der Waals surface area contributed by atoms with Crippen molar-refractivity contribution in [2.75, 3.05) is 33.8 Å². The molecule has 0 aliphatic heterocycles. The number of hydrogen-bond acceptors (Lipinski definition) is 3. The summed E-state index contributed by atoms with van der Waals surface area (Å²) in [4.78, 5) is 2.41. The molecule has 0 bridgehead atoms. The van der Waals surface area contributed by atoms with Crippen molar-refractivity contribution in [1.29, 1.82) is 0 Å². The molecule has 1 aliphatic rings. The molecular formula is C17H28N2O. The maximum Gasteiger partial charge on any atom is 0.119 e. The zero-order valence-corrected chi connectivity index (χ0v) is 12.9. The summed E-state index contributed by atoms with van der Waals surface area (Å²) in [5, 5.41) is 3.16. The number of likely N-dealkylation sites (N-methyl/N-ethyl adjacent to an activating group) is 1. The molecule has 0 aromatic heterocycles. The van der Waals surface area contributed by atoms with Gasteiger partial charge in [-0.2, -0.15) is 0 Å². The fourth-order valence-electron chi connectivity index (χ4n) is 2.99.